The molecule has 7 heteroatoms. The fourth-order valence-corrected chi connectivity index (χ4v) is 2.16. The van der Waals surface area contributed by atoms with Crippen LogP contribution in [0.25, 0.3) is 0 Å². The number of hydrogen-bond acceptors (Lipinski definition) is 4. The topological polar surface area (TPSA) is 89.1 Å². The van der Waals surface area contributed by atoms with Gasteiger partial charge >= 0.3 is 5.97 Å². The molecule has 1 heterocycles. The normalized spacial score (nSPS) is 22.7. The highest BCUT2D eigenvalue weighted by Gasteiger charge is 2.38. The molecule has 1 aromatic rings. The Morgan fingerprint density at radius 2 is 2.28 bits per heavy atom. The van der Waals surface area contributed by atoms with Crippen LogP contribution < -0.4 is 5.73 Å². The van der Waals surface area contributed by atoms with Gasteiger partial charge in [0.05, 0.1) is 0 Å². The lowest BCUT2D eigenvalue weighted by Gasteiger charge is -2.27. The molecular formula is C11H13F2N3O2. The average Bonchev–Trinajstić information content (AvgIpc) is 2.27. The number of nitrogens with zero attached hydrogens (tertiary/aromatic N) is 2. The van der Waals surface area contributed by atoms with Crippen LogP contribution in [0.15, 0.2) is 6.20 Å². The quantitative estimate of drug-likeness (QED) is 0.846. The van der Waals surface area contributed by atoms with Crippen molar-refractivity contribution < 1.29 is 18.7 Å². The molecule has 98 valence electrons. The number of nitrogen functional groups attached to an aromatic ring is 1. The molecule has 0 spiro atoms. The molecule has 0 bridgehead atoms. The first-order valence-corrected chi connectivity index (χ1v) is 5.62. The summed E-state index contributed by atoms with van der Waals surface area (Å²) in [5.41, 5.74) is 5.27. The van der Waals surface area contributed by atoms with Gasteiger partial charge in [0.1, 0.15) is 17.2 Å². The van der Waals surface area contributed by atoms with E-state index in [9.17, 15) is 13.6 Å². The number of hydrogen-bond donors (Lipinski definition) is 2. The maximum atomic E-state index is 13.3. The Kier molecular flexibility index (Phi) is 3.14. The number of halogens is 2. The number of aromatic carboxylic acids is 1. The van der Waals surface area contributed by atoms with Crippen LogP contribution in [-0.2, 0) is 0 Å². The van der Waals surface area contributed by atoms with E-state index >= 15 is 0 Å². The van der Waals surface area contributed by atoms with Gasteiger partial charge in [0.25, 0.3) is 0 Å². The summed E-state index contributed by atoms with van der Waals surface area (Å²) in [6, 6.07) is 0. The number of carbonyl (C=O) groups is 1. The van der Waals surface area contributed by atoms with Crippen molar-refractivity contribution in [3.63, 3.8) is 0 Å². The van der Waals surface area contributed by atoms with Gasteiger partial charge in [-0.2, -0.15) is 0 Å². The van der Waals surface area contributed by atoms with E-state index in [0.29, 0.717) is 12.8 Å². The fraction of sp³-hybridized carbons (Fsp3) is 0.545. The standard InChI is InChI=1S/C11H13F2N3O2/c12-11(13)3-1-2-6(4-11)9-15-5-7(10(17)18)8(14)16-9/h5-6H,1-4H2,(H,17,18)(H2,14,15,16). The zero-order valence-electron chi connectivity index (χ0n) is 9.57. The third-order valence-corrected chi connectivity index (χ3v) is 3.07. The monoisotopic (exact) mass is 257 g/mol. The van der Waals surface area contributed by atoms with E-state index in [1.165, 1.54) is 0 Å². The minimum absolute atomic E-state index is 0.119. The molecular weight excluding hydrogens is 244 g/mol. The van der Waals surface area contributed by atoms with E-state index in [2.05, 4.69) is 9.97 Å². The number of rotatable bonds is 2. The smallest absolute Gasteiger partial charge is 0.341 e. The zero-order valence-corrected chi connectivity index (χ0v) is 9.57. The third-order valence-electron chi connectivity index (χ3n) is 3.07. The molecule has 18 heavy (non-hydrogen) atoms. The highest BCUT2D eigenvalue weighted by molar-refractivity contribution is 5.92. The molecule has 0 aromatic carbocycles. The van der Waals surface area contributed by atoms with Crippen LogP contribution >= 0.6 is 0 Å². The Balaban J connectivity index is 2.24. The molecule has 1 fully saturated rings. The summed E-state index contributed by atoms with van der Waals surface area (Å²) in [6.07, 6.45) is 1.63. The molecule has 5 nitrogen and oxygen atoms in total. The van der Waals surface area contributed by atoms with Crippen molar-refractivity contribution in [2.45, 2.75) is 37.5 Å². The van der Waals surface area contributed by atoms with Crippen LogP contribution in [0.5, 0.6) is 0 Å². The second kappa shape index (κ2) is 4.47. The van der Waals surface area contributed by atoms with Crippen molar-refractivity contribution in [3.8, 4) is 0 Å². The summed E-state index contributed by atoms with van der Waals surface area (Å²) in [6.45, 7) is 0. The second-order valence-electron chi connectivity index (χ2n) is 4.48. The Hall–Kier alpha value is -1.79. The molecule has 0 aliphatic heterocycles. The summed E-state index contributed by atoms with van der Waals surface area (Å²) >= 11 is 0. The Morgan fingerprint density at radius 3 is 2.83 bits per heavy atom. The number of carboxylic acids is 1. The van der Waals surface area contributed by atoms with Crippen LogP contribution in [0.1, 0.15) is 47.8 Å². The molecule has 1 aliphatic rings. The van der Waals surface area contributed by atoms with Crippen molar-refractivity contribution >= 4 is 11.8 Å². The molecule has 3 N–H and O–H groups in total. The Labute approximate surface area is 102 Å². The third kappa shape index (κ3) is 2.55. The molecule has 1 atom stereocenters. The van der Waals surface area contributed by atoms with E-state index in [4.69, 9.17) is 10.8 Å². The molecule has 1 aromatic heterocycles. The lowest BCUT2D eigenvalue weighted by molar-refractivity contribution is -0.0417. The van der Waals surface area contributed by atoms with Crippen molar-refractivity contribution in [1.82, 2.24) is 9.97 Å². The van der Waals surface area contributed by atoms with Gasteiger partial charge in [0.15, 0.2) is 0 Å². The molecule has 1 aliphatic carbocycles. The number of anilines is 1. The van der Waals surface area contributed by atoms with E-state index in [0.717, 1.165) is 6.20 Å². The maximum Gasteiger partial charge on any atom is 0.341 e. The van der Waals surface area contributed by atoms with Crippen molar-refractivity contribution in [2.75, 3.05) is 5.73 Å². The summed E-state index contributed by atoms with van der Waals surface area (Å²) < 4.78 is 26.5. The van der Waals surface area contributed by atoms with Gasteiger partial charge in [-0.05, 0) is 12.8 Å². The second-order valence-corrected chi connectivity index (χ2v) is 4.48. The average molecular weight is 257 g/mol. The van der Waals surface area contributed by atoms with Gasteiger partial charge in [0.2, 0.25) is 5.92 Å². The largest absolute Gasteiger partial charge is 0.477 e. The summed E-state index contributed by atoms with van der Waals surface area (Å²) in [5, 5.41) is 8.77. The van der Waals surface area contributed by atoms with E-state index < -0.39 is 17.8 Å². The van der Waals surface area contributed by atoms with Gasteiger partial charge < -0.3 is 10.8 Å². The number of aromatic nitrogens is 2. The lowest BCUT2D eigenvalue weighted by Crippen LogP contribution is -2.26. The summed E-state index contributed by atoms with van der Waals surface area (Å²) in [7, 11) is 0. The number of carboxylic acid groups (broad SMARTS) is 1. The molecule has 0 radical (unpaired) electrons. The SMILES string of the molecule is Nc1nc(C2CCCC(F)(F)C2)ncc1C(=O)O. The predicted molar refractivity (Wildman–Crippen MR) is 59.6 cm³/mol. The molecule has 1 saturated carbocycles. The minimum atomic E-state index is -2.70. The van der Waals surface area contributed by atoms with Crippen molar-refractivity contribution in [3.05, 3.63) is 17.6 Å². The van der Waals surface area contributed by atoms with Gasteiger partial charge in [0, 0.05) is 25.0 Å². The number of nitrogens with two attached hydrogens (primary N) is 1. The van der Waals surface area contributed by atoms with Gasteiger partial charge in [-0.3, -0.25) is 0 Å². The molecule has 1 unspecified atom stereocenters. The Morgan fingerprint density at radius 1 is 1.56 bits per heavy atom. The summed E-state index contributed by atoms with van der Waals surface area (Å²) in [4.78, 5) is 18.4. The predicted octanol–water partition coefficient (Wildman–Crippen LogP) is 2.05. The first-order chi connectivity index (χ1) is 8.39. The summed E-state index contributed by atoms with van der Waals surface area (Å²) in [5.74, 6) is -4.36. The van der Waals surface area contributed by atoms with Crippen LogP contribution in [-0.4, -0.2) is 27.0 Å². The van der Waals surface area contributed by atoms with Crippen molar-refractivity contribution in [1.29, 1.82) is 0 Å². The maximum absolute atomic E-state index is 13.3. The van der Waals surface area contributed by atoms with Crippen molar-refractivity contribution in [2.24, 2.45) is 0 Å². The van der Waals surface area contributed by atoms with Crippen LogP contribution in [0, 0.1) is 0 Å². The van der Waals surface area contributed by atoms with Gasteiger partial charge in [-0.25, -0.2) is 23.5 Å². The van der Waals surface area contributed by atoms with E-state index in [1.807, 2.05) is 0 Å². The van der Waals surface area contributed by atoms with Gasteiger partial charge in [-0.15, -0.1) is 0 Å². The highest BCUT2D eigenvalue weighted by atomic mass is 19.3. The zero-order chi connectivity index (χ0) is 13.3. The molecule has 0 saturated heterocycles. The van der Waals surface area contributed by atoms with E-state index in [1.54, 1.807) is 0 Å². The van der Waals surface area contributed by atoms with Gasteiger partial charge in [-0.1, -0.05) is 0 Å². The Bertz CT molecular complexity index is 479. The molecule has 2 rings (SSSR count). The van der Waals surface area contributed by atoms with Crippen LogP contribution in [0.3, 0.4) is 0 Å². The van der Waals surface area contributed by atoms with E-state index in [-0.39, 0.29) is 30.0 Å². The lowest BCUT2D eigenvalue weighted by atomic mass is 9.86. The number of alkyl halides is 2. The first kappa shape index (κ1) is 12.7. The minimum Gasteiger partial charge on any atom is -0.477 e. The van der Waals surface area contributed by atoms with Crippen LogP contribution in [0.2, 0.25) is 0 Å². The highest BCUT2D eigenvalue weighted by Crippen LogP contribution is 2.40. The fourth-order valence-electron chi connectivity index (χ4n) is 2.16. The van der Waals surface area contributed by atoms with Crippen LogP contribution in [0.4, 0.5) is 14.6 Å². The first-order valence-electron chi connectivity index (χ1n) is 5.62. The molecule has 0 amide bonds.